The van der Waals surface area contributed by atoms with E-state index < -0.39 is 5.54 Å². The van der Waals surface area contributed by atoms with Gasteiger partial charge in [-0.15, -0.1) is 0 Å². The largest absolute Gasteiger partial charge is 0.385 e. The number of ether oxygens (including phenoxy) is 1. The van der Waals surface area contributed by atoms with Gasteiger partial charge in [-0.1, -0.05) is 19.8 Å². The number of rotatable bonds is 7. The topological polar surface area (TPSA) is 64.3 Å². The normalized spacial score (nSPS) is 28.1. The Hall–Kier alpha value is -0.610. The number of amides is 1. The monoisotopic (exact) mass is 256 g/mol. The molecule has 0 aromatic heterocycles. The zero-order chi connectivity index (χ0) is 13.4. The van der Waals surface area contributed by atoms with Crippen LogP contribution in [0.3, 0.4) is 0 Å². The van der Waals surface area contributed by atoms with E-state index in [0.717, 1.165) is 51.7 Å². The van der Waals surface area contributed by atoms with Gasteiger partial charge < -0.3 is 15.8 Å². The number of nitrogens with one attached hydrogen (secondary N) is 1. The Morgan fingerprint density at radius 3 is 2.89 bits per heavy atom. The van der Waals surface area contributed by atoms with Crippen molar-refractivity contribution < 1.29 is 9.53 Å². The molecule has 1 aliphatic carbocycles. The van der Waals surface area contributed by atoms with Crippen molar-refractivity contribution in [1.82, 2.24) is 5.32 Å². The SMILES string of the molecule is COCCCCCNC(=O)C1(N)CCCC(C)C1. The Morgan fingerprint density at radius 2 is 2.22 bits per heavy atom. The lowest BCUT2D eigenvalue weighted by molar-refractivity contribution is -0.128. The van der Waals surface area contributed by atoms with Crippen molar-refractivity contribution >= 4 is 5.91 Å². The number of carbonyl (C=O) groups is 1. The molecule has 0 aromatic rings. The summed E-state index contributed by atoms with van der Waals surface area (Å²) in [5.74, 6) is 0.608. The Kier molecular flexibility index (Phi) is 6.65. The minimum absolute atomic E-state index is 0.0424. The Morgan fingerprint density at radius 1 is 1.44 bits per heavy atom. The summed E-state index contributed by atoms with van der Waals surface area (Å²) in [4.78, 5) is 12.1. The Labute approximate surface area is 111 Å². The Balaban J connectivity index is 2.19. The molecule has 1 fully saturated rings. The first-order valence-electron chi connectivity index (χ1n) is 7.14. The minimum Gasteiger partial charge on any atom is -0.385 e. The number of carbonyl (C=O) groups excluding carboxylic acids is 1. The molecule has 1 aliphatic rings. The van der Waals surface area contributed by atoms with E-state index in [4.69, 9.17) is 10.5 Å². The first-order valence-corrected chi connectivity index (χ1v) is 7.14. The molecule has 3 N–H and O–H groups in total. The third-order valence-corrected chi connectivity index (χ3v) is 3.80. The first kappa shape index (κ1) is 15.4. The molecule has 0 heterocycles. The van der Waals surface area contributed by atoms with Crippen molar-refractivity contribution in [3.8, 4) is 0 Å². The average Bonchev–Trinajstić information content (AvgIpc) is 2.33. The summed E-state index contributed by atoms with van der Waals surface area (Å²) in [6, 6.07) is 0. The maximum atomic E-state index is 12.1. The molecule has 4 heteroatoms. The van der Waals surface area contributed by atoms with Gasteiger partial charge in [-0.2, -0.15) is 0 Å². The average molecular weight is 256 g/mol. The summed E-state index contributed by atoms with van der Waals surface area (Å²) >= 11 is 0. The van der Waals surface area contributed by atoms with Crippen molar-refractivity contribution in [1.29, 1.82) is 0 Å². The van der Waals surface area contributed by atoms with Crippen molar-refractivity contribution in [2.24, 2.45) is 11.7 Å². The quantitative estimate of drug-likeness (QED) is 0.683. The van der Waals surface area contributed by atoms with E-state index in [-0.39, 0.29) is 5.91 Å². The molecule has 18 heavy (non-hydrogen) atoms. The number of unbranched alkanes of at least 4 members (excludes halogenated alkanes) is 2. The van der Waals surface area contributed by atoms with E-state index in [9.17, 15) is 4.79 Å². The zero-order valence-electron chi connectivity index (χ0n) is 11.8. The van der Waals surface area contributed by atoms with Gasteiger partial charge in [0.25, 0.3) is 0 Å². The van der Waals surface area contributed by atoms with E-state index in [1.54, 1.807) is 7.11 Å². The minimum atomic E-state index is -0.621. The number of nitrogens with two attached hydrogens (primary N) is 1. The summed E-state index contributed by atoms with van der Waals surface area (Å²) in [5, 5.41) is 2.99. The molecule has 1 saturated carbocycles. The van der Waals surface area contributed by atoms with Crippen LogP contribution in [0.1, 0.15) is 51.9 Å². The highest BCUT2D eigenvalue weighted by molar-refractivity contribution is 5.86. The van der Waals surface area contributed by atoms with Crippen LogP contribution in [0.25, 0.3) is 0 Å². The molecule has 0 radical (unpaired) electrons. The summed E-state index contributed by atoms with van der Waals surface area (Å²) in [7, 11) is 1.71. The summed E-state index contributed by atoms with van der Waals surface area (Å²) in [5.41, 5.74) is 5.60. The van der Waals surface area contributed by atoms with Crippen LogP contribution in [-0.4, -0.2) is 31.7 Å². The molecule has 1 amide bonds. The molecule has 0 spiro atoms. The summed E-state index contributed by atoms with van der Waals surface area (Å²) in [6.07, 6.45) is 7.05. The molecule has 1 rings (SSSR count). The van der Waals surface area contributed by atoms with Crippen LogP contribution in [-0.2, 0) is 9.53 Å². The predicted molar refractivity (Wildman–Crippen MR) is 73.3 cm³/mol. The smallest absolute Gasteiger partial charge is 0.240 e. The van der Waals surface area contributed by atoms with Gasteiger partial charge >= 0.3 is 0 Å². The van der Waals surface area contributed by atoms with E-state index in [2.05, 4.69) is 12.2 Å². The van der Waals surface area contributed by atoms with Gasteiger partial charge in [0.1, 0.15) is 0 Å². The van der Waals surface area contributed by atoms with Gasteiger partial charge in [0.15, 0.2) is 0 Å². The van der Waals surface area contributed by atoms with Crippen LogP contribution in [0.2, 0.25) is 0 Å². The molecule has 106 valence electrons. The van der Waals surface area contributed by atoms with Crippen molar-refractivity contribution in [3.63, 3.8) is 0 Å². The van der Waals surface area contributed by atoms with Crippen LogP contribution in [0.15, 0.2) is 0 Å². The molecule has 0 saturated heterocycles. The molecule has 0 bridgehead atoms. The fourth-order valence-corrected chi connectivity index (χ4v) is 2.72. The molecule has 0 aromatic carbocycles. The highest BCUT2D eigenvalue weighted by Gasteiger charge is 2.37. The van der Waals surface area contributed by atoms with Crippen LogP contribution in [0.5, 0.6) is 0 Å². The molecule has 2 atom stereocenters. The van der Waals surface area contributed by atoms with Gasteiger partial charge in [0, 0.05) is 20.3 Å². The Bertz CT molecular complexity index is 258. The highest BCUT2D eigenvalue weighted by atomic mass is 16.5. The standard InChI is InChI=1S/C14H28N2O2/c1-12-7-6-8-14(15,11-12)13(17)16-9-4-3-5-10-18-2/h12H,3-11,15H2,1-2H3,(H,16,17). The lowest BCUT2D eigenvalue weighted by Crippen LogP contribution is -2.56. The maximum Gasteiger partial charge on any atom is 0.240 e. The molecule has 4 nitrogen and oxygen atoms in total. The second-order valence-electron chi connectivity index (χ2n) is 5.67. The van der Waals surface area contributed by atoms with Crippen LogP contribution in [0, 0.1) is 5.92 Å². The fraction of sp³-hybridized carbons (Fsp3) is 0.929. The van der Waals surface area contributed by atoms with Gasteiger partial charge in [-0.05, 0) is 38.0 Å². The maximum absolute atomic E-state index is 12.1. The van der Waals surface area contributed by atoms with Crippen molar-refractivity contribution in [3.05, 3.63) is 0 Å². The second-order valence-corrected chi connectivity index (χ2v) is 5.67. The van der Waals surface area contributed by atoms with E-state index in [0.29, 0.717) is 5.92 Å². The highest BCUT2D eigenvalue weighted by Crippen LogP contribution is 2.30. The lowest BCUT2D eigenvalue weighted by atomic mass is 9.76. The van der Waals surface area contributed by atoms with Crippen molar-refractivity contribution in [2.75, 3.05) is 20.3 Å². The van der Waals surface area contributed by atoms with Crippen LogP contribution >= 0.6 is 0 Å². The third kappa shape index (κ3) is 4.94. The van der Waals surface area contributed by atoms with Gasteiger partial charge in [-0.25, -0.2) is 0 Å². The summed E-state index contributed by atoms with van der Waals surface area (Å²) in [6.45, 7) is 3.71. The molecule has 2 unspecified atom stereocenters. The number of hydrogen-bond donors (Lipinski definition) is 2. The molecular formula is C14H28N2O2. The van der Waals surface area contributed by atoms with Gasteiger partial charge in [-0.3, -0.25) is 4.79 Å². The van der Waals surface area contributed by atoms with Crippen molar-refractivity contribution in [2.45, 2.75) is 57.4 Å². The lowest BCUT2D eigenvalue weighted by Gasteiger charge is -2.35. The van der Waals surface area contributed by atoms with Gasteiger partial charge in [0.2, 0.25) is 5.91 Å². The number of hydrogen-bond acceptors (Lipinski definition) is 3. The van der Waals surface area contributed by atoms with Gasteiger partial charge in [0.05, 0.1) is 5.54 Å². The fourth-order valence-electron chi connectivity index (χ4n) is 2.72. The van der Waals surface area contributed by atoms with E-state index in [1.165, 1.54) is 6.42 Å². The zero-order valence-corrected chi connectivity index (χ0v) is 11.8. The third-order valence-electron chi connectivity index (χ3n) is 3.80. The van der Waals surface area contributed by atoms with E-state index in [1.807, 2.05) is 0 Å². The first-order chi connectivity index (χ1) is 8.58. The summed E-state index contributed by atoms with van der Waals surface area (Å²) < 4.78 is 4.99. The molecular weight excluding hydrogens is 228 g/mol. The second kappa shape index (κ2) is 7.74. The van der Waals surface area contributed by atoms with Crippen LogP contribution < -0.4 is 11.1 Å². The van der Waals surface area contributed by atoms with Crippen LogP contribution in [0.4, 0.5) is 0 Å². The number of methoxy groups -OCH3 is 1. The van der Waals surface area contributed by atoms with E-state index >= 15 is 0 Å². The predicted octanol–water partition coefficient (Wildman–Crippen LogP) is 1.83. The molecule has 0 aliphatic heterocycles.